The third kappa shape index (κ3) is 16700. The minimum Gasteiger partial charge on any atom is -0.412 e. The van der Waals surface area contributed by atoms with E-state index in [9.17, 15) is 0 Å². The molecule has 0 aromatic rings. The van der Waals surface area contributed by atoms with Crippen LogP contribution in [0.4, 0.5) is 0 Å². The van der Waals surface area contributed by atoms with E-state index in [0.717, 1.165) is 0 Å². The van der Waals surface area contributed by atoms with Crippen molar-refractivity contribution >= 4 is 27.8 Å². The Morgan fingerprint density at radius 2 is 0.727 bits per heavy atom. The van der Waals surface area contributed by atoms with E-state index in [4.69, 9.17) is 17.5 Å². The Bertz CT molecular complexity index is 92.7. The molecule has 0 amide bonds. The fraction of sp³-hybridized carbons (Fsp3) is 0. The molecule has 12 N–H and O–H groups in total. The van der Waals surface area contributed by atoms with E-state index in [1.165, 1.54) is 0 Å². The molecule has 11 heteroatoms. The number of hydrogen-bond donors (Lipinski definition) is 2. The summed E-state index contributed by atoms with van der Waals surface area (Å²) in [7, 11) is -4.67. The lowest BCUT2D eigenvalue weighted by Crippen LogP contribution is -1.89. The quantitative estimate of drug-likeness (QED) is 0.297. The Kier molecular flexibility index (Phi) is 135. The van der Waals surface area contributed by atoms with Crippen LogP contribution in [0.5, 0.6) is 0 Å². The Morgan fingerprint density at radius 1 is 0.727 bits per heavy atom. The second-order valence-corrected chi connectivity index (χ2v) is 1.34. The molecule has 0 atom stereocenters. The summed E-state index contributed by atoms with van der Waals surface area (Å²) in [5, 5.41) is 0. The van der Waals surface area contributed by atoms with E-state index in [0.29, 0.717) is 0 Å². The van der Waals surface area contributed by atoms with Gasteiger partial charge in [0.2, 0.25) is 0 Å². The van der Waals surface area contributed by atoms with Crippen molar-refractivity contribution in [1.29, 1.82) is 0 Å². The van der Waals surface area contributed by atoms with Crippen LogP contribution >= 0.6 is 0 Å². The zero-order valence-electron chi connectivity index (χ0n) is 5.20. The van der Waals surface area contributed by atoms with Crippen molar-refractivity contribution in [2.24, 2.45) is 0 Å². The fourth-order valence-corrected chi connectivity index (χ4v) is 0. The number of hydrogen-bond acceptors (Lipinski definition) is 2. The van der Waals surface area contributed by atoms with E-state index in [-0.39, 0.29) is 44.7 Å². The van der Waals surface area contributed by atoms with Crippen molar-refractivity contribution in [1.82, 2.24) is 0 Å². The van der Waals surface area contributed by atoms with Gasteiger partial charge >= 0.3 is 10.4 Å². The normalized spacial score (nSPS) is 5.27. The largest absolute Gasteiger partial charge is 0.412 e. The average molecular weight is 215 g/mol. The summed E-state index contributed by atoms with van der Waals surface area (Å²) in [4.78, 5) is 0. The van der Waals surface area contributed by atoms with Crippen molar-refractivity contribution < 1.29 is 44.9 Å². The highest BCUT2D eigenvalue weighted by Crippen LogP contribution is 1.59. The van der Waals surface area contributed by atoms with Crippen LogP contribution in [0.15, 0.2) is 0 Å². The second kappa shape index (κ2) is 22.5. The standard InChI is InChI=1S/Al.H2O4S.5H2O/c;1-5(2,3)4;;;;;/h;(H2,1,2,3,4);5*1H2. The average Bonchev–Trinajstić information content (AvgIpc) is 0.722. The van der Waals surface area contributed by atoms with Crippen LogP contribution in [0.1, 0.15) is 0 Å². The van der Waals surface area contributed by atoms with Gasteiger partial charge in [0, 0.05) is 17.4 Å². The highest BCUT2D eigenvalue weighted by atomic mass is 32.3. The molecular formula is H12AlO9S. The van der Waals surface area contributed by atoms with Gasteiger partial charge in [0.15, 0.2) is 0 Å². The molecule has 75 valence electrons. The first-order valence-corrected chi connectivity index (χ1v) is 2.10. The van der Waals surface area contributed by atoms with Gasteiger partial charge in [0.05, 0.1) is 0 Å². The lowest BCUT2D eigenvalue weighted by atomic mass is 15.8. The van der Waals surface area contributed by atoms with Crippen molar-refractivity contribution in [2.75, 3.05) is 0 Å². The molecule has 0 spiro atoms. The highest BCUT2D eigenvalue weighted by Gasteiger charge is 1.84. The van der Waals surface area contributed by atoms with Crippen LogP contribution < -0.4 is 0 Å². The van der Waals surface area contributed by atoms with Gasteiger partial charge in [-0.25, -0.2) is 0 Å². The lowest BCUT2D eigenvalue weighted by molar-refractivity contribution is 0.381. The molecule has 9 nitrogen and oxygen atoms in total. The summed E-state index contributed by atoms with van der Waals surface area (Å²) in [6, 6.07) is 0. The van der Waals surface area contributed by atoms with Gasteiger partial charge in [0.25, 0.3) is 0 Å². The molecule has 3 radical (unpaired) electrons. The van der Waals surface area contributed by atoms with Crippen LogP contribution in [0.25, 0.3) is 0 Å². The van der Waals surface area contributed by atoms with Crippen LogP contribution in [-0.4, -0.2) is 62.3 Å². The van der Waals surface area contributed by atoms with Crippen molar-refractivity contribution in [2.45, 2.75) is 0 Å². The monoisotopic (exact) mass is 215 g/mol. The van der Waals surface area contributed by atoms with Crippen LogP contribution in [0, 0.1) is 0 Å². The molecule has 0 fully saturated rings. The zero-order valence-corrected chi connectivity index (χ0v) is 7.17. The molecule has 0 saturated carbocycles. The lowest BCUT2D eigenvalue weighted by Gasteiger charge is -1.68. The third-order valence-electron chi connectivity index (χ3n) is 0. The molecule has 0 unspecified atom stereocenters. The van der Waals surface area contributed by atoms with Gasteiger partial charge in [-0.3, -0.25) is 9.11 Å². The van der Waals surface area contributed by atoms with Gasteiger partial charge in [0.1, 0.15) is 0 Å². The molecule has 0 bridgehead atoms. The third-order valence-corrected chi connectivity index (χ3v) is 0. The van der Waals surface area contributed by atoms with E-state index >= 15 is 0 Å². The van der Waals surface area contributed by atoms with Gasteiger partial charge < -0.3 is 27.4 Å². The van der Waals surface area contributed by atoms with Gasteiger partial charge in [-0.15, -0.1) is 0 Å². The van der Waals surface area contributed by atoms with Crippen LogP contribution in [0.3, 0.4) is 0 Å². The Hall–Kier alpha value is 0.202. The Labute approximate surface area is 73.3 Å². The molecule has 0 heterocycles. The summed E-state index contributed by atoms with van der Waals surface area (Å²) in [5.74, 6) is 0. The summed E-state index contributed by atoms with van der Waals surface area (Å²) in [6.45, 7) is 0. The minimum absolute atomic E-state index is 0. The predicted octanol–water partition coefficient (Wildman–Crippen LogP) is -5.16. The van der Waals surface area contributed by atoms with Crippen LogP contribution in [-0.2, 0) is 10.4 Å². The Balaban J connectivity index is -0.00000000533. The smallest absolute Gasteiger partial charge is 0.394 e. The summed E-state index contributed by atoms with van der Waals surface area (Å²) in [6.07, 6.45) is 0. The van der Waals surface area contributed by atoms with Crippen molar-refractivity contribution in [3.05, 3.63) is 0 Å². The SMILES string of the molecule is O.O.O.O.O.O=S(=O)(O)O.[Al]. The van der Waals surface area contributed by atoms with E-state index in [1.807, 2.05) is 0 Å². The summed E-state index contributed by atoms with van der Waals surface area (Å²) in [5.41, 5.74) is 0. The topological polar surface area (TPSA) is 232 Å². The van der Waals surface area contributed by atoms with E-state index in [2.05, 4.69) is 0 Å². The van der Waals surface area contributed by atoms with Crippen LogP contribution in [0.2, 0.25) is 0 Å². The predicted molar refractivity (Wildman–Crippen MR) is 38.0 cm³/mol. The molecule has 0 aliphatic heterocycles. The summed E-state index contributed by atoms with van der Waals surface area (Å²) < 4.78 is 31.6. The van der Waals surface area contributed by atoms with Gasteiger partial charge in [-0.2, -0.15) is 8.42 Å². The Morgan fingerprint density at radius 3 is 0.727 bits per heavy atom. The molecule has 0 aromatic carbocycles. The minimum atomic E-state index is -4.67. The van der Waals surface area contributed by atoms with E-state index in [1.54, 1.807) is 0 Å². The van der Waals surface area contributed by atoms with Gasteiger partial charge in [-0.05, 0) is 0 Å². The molecule has 0 aliphatic rings. The summed E-state index contributed by atoms with van der Waals surface area (Å²) >= 11 is 0. The molecular weight excluding hydrogens is 203 g/mol. The first kappa shape index (κ1) is 66.0. The molecule has 0 aromatic heterocycles. The molecule has 0 rings (SSSR count). The molecule has 11 heavy (non-hydrogen) atoms. The van der Waals surface area contributed by atoms with Crippen molar-refractivity contribution in [3.63, 3.8) is 0 Å². The van der Waals surface area contributed by atoms with Gasteiger partial charge in [-0.1, -0.05) is 0 Å². The fourth-order valence-electron chi connectivity index (χ4n) is 0. The maximum Gasteiger partial charge on any atom is 0.394 e. The maximum absolute atomic E-state index is 8.74. The molecule has 0 saturated heterocycles. The van der Waals surface area contributed by atoms with E-state index < -0.39 is 10.4 Å². The highest BCUT2D eigenvalue weighted by molar-refractivity contribution is 7.79. The zero-order chi connectivity index (χ0) is 4.50. The maximum atomic E-state index is 8.74. The molecule has 0 aliphatic carbocycles. The second-order valence-electron chi connectivity index (χ2n) is 0.448. The van der Waals surface area contributed by atoms with Crippen molar-refractivity contribution in [3.8, 4) is 0 Å². The number of rotatable bonds is 0. The first-order chi connectivity index (χ1) is 2.00. The first-order valence-electron chi connectivity index (χ1n) is 0.698.